The second-order valence-electron chi connectivity index (χ2n) is 4.77. The SMILES string of the molecule is CCNc1nc(Oc2cc(C)nn2C)nc(OC(C)C)n1. The molecule has 0 unspecified atom stereocenters. The van der Waals surface area contributed by atoms with Crippen LogP contribution in [0.1, 0.15) is 26.5 Å². The van der Waals surface area contributed by atoms with Gasteiger partial charge in [-0.1, -0.05) is 0 Å². The number of hydrogen-bond donors (Lipinski definition) is 1. The normalized spacial score (nSPS) is 10.8. The van der Waals surface area contributed by atoms with Crippen molar-refractivity contribution in [1.82, 2.24) is 24.7 Å². The molecule has 0 bridgehead atoms. The first kappa shape index (κ1) is 15.0. The number of nitrogens with zero attached hydrogens (tertiary/aromatic N) is 5. The highest BCUT2D eigenvalue weighted by molar-refractivity contribution is 5.29. The summed E-state index contributed by atoms with van der Waals surface area (Å²) in [6, 6.07) is 2.20. The quantitative estimate of drug-likeness (QED) is 0.870. The number of anilines is 1. The lowest BCUT2D eigenvalue weighted by atomic mass is 10.5. The maximum Gasteiger partial charge on any atom is 0.331 e. The fraction of sp³-hybridized carbons (Fsp3) is 0.538. The first-order valence-corrected chi connectivity index (χ1v) is 6.83. The molecule has 2 heterocycles. The van der Waals surface area contributed by atoms with Crippen LogP contribution in [0, 0.1) is 6.92 Å². The van der Waals surface area contributed by atoms with E-state index in [9.17, 15) is 0 Å². The molecule has 2 aromatic heterocycles. The van der Waals surface area contributed by atoms with Gasteiger partial charge in [0.25, 0.3) is 0 Å². The topological polar surface area (TPSA) is 87.0 Å². The third kappa shape index (κ3) is 4.04. The summed E-state index contributed by atoms with van der Waals surface area (Å²) in [6.45, 7) is 8.34. The van der Waals surface area contributed by atoms with Crippen LogP contribution in [0.25, 0.3) is 0 Å². The minimum Gasteiger partial charge on any atom is -0.461 e. The Balaban J connectivity index is 2.28. The summed E-state index contributed by atoms with van der Waals surface area (Å²) in [4.78, 5) is 12.5. The molecule has 0 atom stereocenters. The van der Waals surface area contributed by atoms with Gasteiger partial charge >= 0.3 is 12.0 Å². The molecule has 0 fully saturated rings. The molecule has 0 saturated carbocycles. The lowest BCUT2D eigenvalue weighted by Gasteiger charge is -2.11. The van der Waals surface area contributed by atoms with Gasteiger partial charge in [0.15, 0.2) is 0 Å². The maximum atomic E-state index is 5.66. The molecule has 114 valence electrons. The summed E-state index contributed by atoms with van der Waals surface area (Å²) >= 11 is 0. The van der Waals surface area contributed by atoms with E-state index < -0.39 is 0 Å². The van der Waals surface area contributed by atoms with E-state index in [1.165, 1.54) is 0 Å². The summed E-state index contributed by atoms with van der Waals surface area (Å²) < 4.78 is 12.8. The van der Waals surface area contributed by atoms with Crippen LogP contribution < -0.4 is 14.8 Å². The van der Waals surface area contributed by atoms with Crippen molar-refractivity contribution in [2.75, 3.05) is 11.9 Å². The zero-order chi connectivity index (χ0) is 15.4. The van der Waals surface area contributed by atoms with Gasteiger partial charge in [0, 0.05) is 19.7 Å². The number of aromatic nitrogens is 5. The van der Waals surface area contributed by atoms with Gasteiger partial charge in [-0.15, -0.1) is 4.98 Å². The van der Waals surface area contributed by atoms with E-state index in [4.69, 9.17) is 9.47 Å². The van der Waals surface area contributed by atoms with Crippen molar-refractivity contribution < 1.29 is 9.47 Å². The molecule has 2 aromatic rings. The smallest absolute Gasteiger partial charge is 0.331 e. The van der Waals surface area contributed by atoms with Gasteiger partial charge in [0.1, 0.15) is 0 Å². The van der Waals surface area contributed by atoms with Crippen molar-refractivity contribution in [3.63, 3.8) is 0 Å². The summed E-state index contributed by atoms with van der Waals surface area (Å²) in [7, 11) is 1.79. The minimum absolute atomic E-state index is 0.0336. The summed E-state index contributed by atoms with van der Waals surface area (Å²) in [5.74, 6) is 0.966. The molecule has 8 nitrogen and oxygen atoms in total. The van der Waals surface area contributed by atoms with E-state index in [-0.39, 0.29) is 18.1 Å². The van der Waals surface area contributed by atoms with Gasteiger partial charge in [-0.25, -0.2) is 4.68 Å². The first-order chi connectivity index (χ1) is 9.97. The number of ether oxygens (including phenoxy) is 2. The Kier molecular flexibility index (Phi) is 4.56. The van der Waals surface area contributed by atoms with Crippen LogP contribution in [0.3, 0.4) is 0 Å². The monoisotopic (exact) mass is 292 g/mol. The molecule has 0 aliphatic rings. The molecular formula is C13H20N6O2. The highest BCUT2D eigenvalue weighted by Gasteiger charge is 2.12. The molecule has 0 amide bonds. The van der Waals surface area contributed by atoms with E-state index in [0.29, 0.717) is 18.4 Å². The first-order valence-electron chi connectivity index (χ1n) is 6.83. The highest BCUT2D eigenvalue weighted by Crippen LogP contribution is 2.21. The second kappa shape index (κ2) is 6.38. The van der Waals surface area contributed by atoms with Gasteiger partial charge in [0.2, 0.25) is 11.8 Å². The lowest BCUT2D eigenvalue weighted by Crippen LogP contribution is -2.12. The molecule has 0 aliphatic heterocycles. The summed E-state index contributed by atoms with van der Waals surface area (Å²) in [5, 5.41) is 7.23. The van der Waals surface area contributed by atoms with Crippen LogP contribution >= 0.6 is 0 Å². The van der Waals surface area contributed by atoms with Crippen molar-refractivity contribution >= 4 is 5.95 Å². The Bertz CT molecular complexity index is 611. The molecule has 0 saturated heterocycles. The lowest BCUT2D eigenvalue weighted by molar-refractivity contribution is 0.218. The Morgan fingerprint density at radius 3 is 2.52 bits per heavy atom. The zero-order valence-corrected chi connectivity index (χ0v) is 12.9. The number of aryl methyl sites for hydroxylation is 2. The Labute approximate surface area is 123 Å². The Morgan fingerprint density at radius 2 is 1.95 bits per heavy atom. The standard InChI is InChI=1S/C13H20N6O2/c1-6-14-11-15-12(20-8(2)3)17-13(16-11)21-10-7-9(4)18-19(10)5/h7-8H,6H2,1-5H3,(H,14,15,16,17). The predicted molar refractivity (Wildman–Crippen MR) is 77.8 cm³/mol. The van der Waals surface area contributed by atoms with Crippen LogP contribution in [0.4, 0.5) is 5.95 Å². The molecule has 2 rings (SSSR count). The fourth-order valence-corrected chi connectivity index (χ4v) is 1.66. The number of rotatable bonds is 6. The van der Waals surface area contributed by atoms with E-state index in [1.54, 1.807) is 17.8 Å². The van der Waals surface area contributed by atoms with Crippen LogP contribution in [0.5, 0.6) is 17.9 Å². The van der Waals surface area contributed by atoms with Gasteiger partial charge < -0.3 is 14.8 Å². The van der Waals surface area contributed by atoms with Crippen molar-refractivity contribution in [3.8, 4) is 17.9 Å². The molecule has 1 N–H and O–H groups in total. The largest absolute Gasteiger partial charge is 0.461 e. The van der Waals surface area contributed by atoms with Gasteiger partial charge in [-0.3, -0.25) is 0 Å². The van der Waals surface area contributed by atoms with E-state index >= 15 is 0 Å². The Morgan fingerprint density at radius 1 is 1.24 bits per heavy atom. The molecule has 8 heteroatoms. The molecule has 0 spiro atoms. The molecule has 0 aliphatic carbocycles. The average Bonchev–Trinajstić information content (AvgIpc) is 2.67. The molecular weight excluding hydrogens is 272 g/mol. The van der Waals surface area contributed by atoms with Crippen LogP contribution in [0.15, 0.2) is 6.07 Å². The highest BCUT2D eigenvalue weighted by atomic mass is 16.5. The number of hydrogen-bond acceptors (Lipinski definition) is 7. The molecule has 0 aromatic carbocycles. The molecule has 0 radical (unpaired) electrons. The number of nitrogens with one attached hydrogen (secondary N) is 1. The predicted octanol–water partition coefficient (Wildman–Crippen LogP) is 1.92. The van der Waals surface area contributed by atoms with Crippen LogP contribution in [-0.4, -0.2) is 37.4 Å². The average molecular weight is 292 g/mol. The third-order valence-corrected chi connectivity index (χ3v) is 2.43. The Hall–Kier alpha value is -2.38. The van der Waals surface area contributed by atoms with Crippen LogP contribution in [0.2, 0.25) is 0 Å². The fourth-order valence-electron chi connectivity index (χ4n) is 1.66. The van der Waals surface area contributed by atoms with Crippen molar-refractivity contribution in [2.45, 2.75) is 33.8 Å². The minimum atomic E-state index is -0.0336. The third-order valence-electron chi connectivity index (χ3n) is 2.43. The zero-order valence-electron chi connectivity index (χ0n) is 12.9. The van der Waals surface area contributed by atoms with Gasteiger partial charge in [-0.2, -0.15) is 15.1 Å². The van der Waals surface area contributed by atoms with Crippen molar-refractivity contribution in [1.29, 1.82) is 0 Å². The second-order valence-corrected chi connectivity index (χ2v) is 4.77. The van der Waals surface area contributed by atoms with E-state index in [2.05, 4.69) is 25.4 Å². The summed E-state index contributed by atoms with van der Waals surface area (Å²) in [5.41, 5.74) is 0.854. The van der Waals surface area contributed by atoms with Crippen molar-refractivity contribution in [2.24, 2.45) is 7.05 Å². The molecule has 21 heavy (non-hydrogen) atoms. The summed E-state index contributed by atoms with van der Waals surface area (Å²) in [6.07, 6.45) is -0.0336. The van der Waals surface area contributed by atoms with Gasteiger partial charge in [0.05, 0.1) is 11.8 Å². The van der Waals surface area contributed by atoms with E-state index in [0.717, 1.165) is 5.69 Å². The van der Waals surface area contributed by atoms with E-state index in [1.807, 2.05) is 27.7 Å². The maximum absolute atomic E-state index is 5.66. The van der Waals surface area contributed by atoms with Gasteiger partial charge in [-0.05, 0) is 27.7 Å². The van der Waals surface area contributed by atoms with Crippen molar-refractivity contribution in [3.05, 3.63) is 11.8 Å². The van der Waals surface area contributed by atoms with Crippen LogP contribution in [-0.2, 0) is 7.05 Å².